The summed E-state index contributed by atoms with van der Waals surface area (Å²) in [4.78, 5) is 26.7. The molecule has 2 amide bonds. The number of imide groups is 1. The molecule has 0 fully saturated rings. The molecule has 0 radical (unpaired) electrons. The maximum absolute atomic E-state index is 11.6. The summed E-state index contributed by atoms with van der Waals surface area (Å²) in [5.74, 6) is -0.565. The van der Waals surface area contributed by atoms with Gasteiger partial charge < -0.3 is 4.74 Å². The fourth-order valence-corrected chi connectivity index (χ4v) is 1.31. The van der Waals surface area contributed by atoms with E-state index in [9.17, 15) is 9.59 Å². The molecule has 0 aromatic heterocycles. The van der Waals surface area contributed by atoms with Crippen LogP contribution in [-0.2, 0) is 14.3 Å². The molecule has 1 aliphatic rings. The number of hydrogen-bond donors (Lipinski definition) is 0. The summed E-state index contributed by atoms with van der Waals surface area (Å²) in [6.45, 7) is 3.48. The van der Waals surface area contributed by atoms with E-state index >= 15 is 0 Å². The summed E-state index contributed by atoms with van der Waals surface area (Å²) in [7, 11) is 0. The lowest BCUT2D eigenvalue weighted by atomic mass is 10.2. The smallest absolute Gasteiger partial charge is 0.256 e. The first kappa shape index (κ1) is 12.2. The van der Waals surface area contributed by atoms with E-state index in [2.05, 4.69) is 10.0 Å². The van der Waals surface area contributed by atoms with Crippen molar-refractivity contribution < 1.29 is 14.3 Å². The predicted octanol–water partition coefficient (Wildman–Crippen LogP) is 0.976. The van der Waals surface area contributed by atoms with Crippen molar-refractivity contribution in [3.63, 3.8) is 0 Å². The highest BCUT2D eigenvalue weighted by atomic mass is 16.5. The van der Waals surface area contributed by atoms with Crippen LogP contribution in [0.5, 0.6) is 0 Å². The van der Waals surface area contributed by atoms with Crippen molar-refractivity contribution >= 4 is 11.8 Å². The highest BCUT2D eigenvalue weighted by Gasteiger charge is 2.32. The minimum atomic E-state index is -0.283. The fourth-order valence-electron chi connectivity index (χ4n) is 1.31. The number of azide groups is 1. The SMILES string of the molecule is CC1=C(C)C(=O)N(CCOCN=[N+]=[N-])C1=O. The van der Waals surface area contributed by atoms with Crippen LogP contribution in [-0.4, -0.2) is 36.6 Å². The van der Waals surface area contributed by atoms with Gasteiger partial charge in [0.15, 0.2) is 0 Å². The largest absolute Gasteiger partial charge is 0.374 e. The number of ether oxygens (including phenoxy) is 1. The zero-order valence-electron chi connectivity index (χ0n) is 9.13. The first-order valence-electron chi connectivity index (χ1n) is 4.72. The third-order valence-electron chi connectivity index (χ3n) is 2.37. The van der Waals surface area contributed by atoms with Gasteiger partial charge in [-0.15, -0.1) is 0 Å². The Bertz CT molecular complexity index is 372. The van der Waals surface area contributed by atoms with Gasteiger partial charge in [0.1, 0.15) is 6.73 Å². The Hall–Kier alpha value is -1.85. The third kappa shape index (κ3) is 2.39. The number of hydrogen-bond acceptors (Lipinski definition) is 4. The van der Waals surface area contributed by atoms with E-state index in [1.54, 1.807) is 13.8 Å². The predicted molar refractivity (Wildman–Crippen MR) is 55.1 cm³/mol. The maximum atomic E-state index is 11.6. The van der Waals surface area contributed by atoms with E-state index in [1.165, 1.54) is 0 Å². The summed E-state index contributed by atoms with van der Waals surface area (Å²) in [6.07, 6.45) is 0. The van der Waals surface area contributed by atoms with Crippen molar-refractivity contribution in [2.75, 3.05) is 19.9 Å². The van der Waals surface area contributed by atoms with Gasteiger partial charge in [-0.2, -0.15) is 0 Å². The monoisotopic (exact) mass is 224 g/mol. The normalized spacial score (nSPS) is 15.8. The summed E-state index contributed by atoms with van der Waals surface area (Å²) < 4.78 is 4.92. The van der Waals surface area contributed by atoms with Crippen LogP contribution < -0.4 is 0 Å². The van der Waals surface area contributed by atoms with Gasteiger partial charge in [-0.3, -0.25) is 14.5 Å². The molecule has 1 rings (SSSR count). The summed E-state index contributed by atoms with van der Waals surface area (Å²) in [5, 5.41) is 3.16. The number of amides is 2. The van der Waals surface area contributed by atoms with Gasteiger partial charge in [-0.25, -0.2) is 0 Å². The van der Waals surface area contributed by atoms with Crippen LogP contribution in [0.25, 0.3) is 10.4 Å². The molecule has 7 heteroatoms. The summed E-state index contributed by atoms with van der Waals surface area (Å²) in [5.41, 5.74) is 8.93. The zero-order chi connectivity index (χ0) is 12.1. The van der Waals surface area contributed by atoms with Crippen LogP contribution in [0.3, 0.4) is 0 Å². The van der Waals surface area contributed by atoms with Gasteiger partial charge in [0, 0.05) is 16.1 Å². The molecule has 16 heavy (non-hydrogen) atoms. The number of carbonyl (C=O) groups is 2. The van der Waals surface area contributed by atoms with Gasteiger partial charge >= 0.3 is 0 Å². The number of nitrogens with zero attached hydrogens (tertiary/aromatic N) is 4. The van der Waals surface area contributed by atoms with Gasteiger partial charge in [-0.1, -0.05) is 5.11 Å². The van der Waals surface area contributed by atoms with Crippen molar-refractivity contribution in [1.82, 2.24) is 4.90 Å². The molecule has 86 valence electrons. The van der Waals surface area contributed by atoms with Crippen molar-refractivity contribution in [1.29, 1.82) is 0 Å². The third-order valence-corrected chi connectivity index (χ3v) is 2.37. The second-order valence-corrected chi connectivity index (χ2v) is 3.28. The maximum Gasteiger partial charge on any atom is 0.256 e. The van der Waals surface area contributed by atoms with Crippen LogP contribution in [0.4, 0.5) is 0 Å². The van der Waals surface area contributed by atoms with Crippen LogP contribution in [0.1, 0.15) is 13.8 Å². The van der Waals surface area contributed by atoms with Crippen molar-refractivity contribution in [2.24, 2.45) is 5.11 Å². The average Bonchev–Trinajstić information content (AvgIpc) is 2.46. The molecule has 0 aliphatic carbocycles. The Morgan fingerprint density at radius 3 is 2.38 bits per heavy atom. The second-order valence-electron chi connectivity index (χ2n) is 3.28. The van der Waals surface area contributed by atoms with Crippen LogP contribution in [0, 0.1) is 0 Å². The van der Waals surface area contributed by atoms with Crippen molar-refractivity contribution in [3.8, 4) is 0 Å². The lowest BCUT2D eigenvalue weighted by Crippen LogP contribution is -2.34. The molecule has 0 unspecified atom stereocenters. The van der Waals surface area contributed by atoms with Gasteiger partial charge in [0.05, 0.1) is 13.2 Å². The quantitative estimate of drug-likeness (QED) is 0.229. The average molecular weight is 224 g/mol. The van der Waals surface area contributed by atoms with E-state index < -0.39 is 0 Å². The van der Waals surface area contributed by atoms with E-state index in [-0.39, 0.29) is 31.7 Å². The van der Waals surface area contributed by atoms with E-state index in [0.29, 0.717) is 11.1 Å². The fraction of sp³-hybridized carbons (Fsp3) is 0.556. The number of carbonyl (C=O) groups excluding carboxylic acids is 2. The van der Waals surface area contributed by atoms with E-state index in [0.717, 1.165) is 4.90 Å². The molecular formula is C9H12N4O3. The highest BCUT2D eigenvalue weighted by molar-refractivity contribution is 6.18. The molecule has 0 saturated heterocycles. The molecule has 0 atom stereocenters. The minimum Gasteiger partial charge on any atom is -0.374 e. The Morgan fingerprint density at radius 1 is 1.31 bits per heavy atom. The van der Waals surface area contributed by atoms with E-state index in [4.69, 9.17) is 10.3 Å². The minimum absolute atomic E-state index is 0.0991. The summed E-state index contributed by atoms with van der Waals surface area (Å²) in [6, 6.07) is 0. The Morgan fingerprint density at radius 2 is 1.88 bits per heavy atom. The molecule has 1 heterocycles. The lowest BCUT2D eigenvalue weighted by molar-refractivity contribution is -0.138. The molecule has 0 spiro atoms. The van der Waals surface area contributed by atoms with Crippen molar-refractivity contribution in [2.45, 2.75) is 13.8 Å². The Balaban J connectivity index is 2.43. The van der Waals surface area contributed by atoms with Crippen LogP contribution >= 0.6 is 0 Å². The van der Waals surface area contributed by atoms with Gasteiger partial charge in [0.25, 0.3) is 11.8 Å². The lowest BCUT2D eigenvalue weighted by Gasteiger charge is -2.13. The molecule has 0 bridgehead atoms. The zero-order valence-corrected chi connectivity index (χ0v) is 9.13. The van der Waals surface area contributed by atoms with Crippen LogP contribution in [0.15, 0.2) is 16.3 Å². The first-order valence-corrected chi connectivity index (χ1v) is 4.72. The molecule has 0 saturated carbocycles. The van der Waals surface area contributed by atoms with Crippen molar-refractivity contribution in [3.05, 3.63) is 21.6 Å². The highest BCUT2D eigenvalue weighted by Crippen LogP contribution is 2.18. The number of rotatable bonds is 5. The standard InChI is InChI=1S/C9H12N4O3/c1-6-7(2)9(15)13(8(6)14)3-4-16-5-11-12-10/h3-5H2,1-2H3. The van der Waals surface area contributed by atoms with Crippen LogP contribution in [0.2, 0.25) is 0 Å². The second kappa shape index (κ2) is 5.29. The molecule has 0 N–H and O–H groups in total. The summed E-state index contributed by atoms with van der Waals surface area (Å²) >= 11 is 0. The van der Waals surface area contributed by atoms with E-state index in [1.807, 2.05) is 0 Å². The Labute approximate surface area is 92.3 Å². The van der Waals surface area contributed by atoms with Gasteiger partial charge in [0.2, 0.25) is 0 Å². The topological polar surface area (TPSA) is 95.4 Å². The Kier molecular flexibility index (Phi) is 4.04. The molecule has 0 aromatic rings. The van der Waals surface area contributed by atoms with Gasteiger partial charge in [-0.05, 0) is 19.4 Å². The first-order chi connectivity index (χ1) is 7.59. The molecule has 7 nitrogen and oxygen atoms in total. The molecular weight excluding hydrogens is 212 g/mol. The molecule has 1 aliphatic heterocycles. The molecule has 0 aromatic carbocycles.